The summed E-state index contributed by atoms with van der Waals surface area (Å²) in [4.78, 5) is 17.6. The van der Waals surface area contributed by atoms with E-state index in [9.17, 15) is 4.79 Å². The van der Waals surface area contributed by atoms with Crippen LogP contribution in [0.2, 0.25) is 0 Å². The molecule has 1 saturated carbocycles. The highest BCUT2D eigenvalue weighted by Crippen LogP contribution is 2.45. The molecule has 2 saturated heterocycles. The van der Waals surface area contributed by atoms with Crippen LogP contribution in [0.1, 0.15) is 31.2 Å². The maximum atomic E-state index is 12.8. The maximum absolute atomic E-state index is 12.8. The third kappa shape index (κ3) is 3.96. The summed E-state index contributed by atoms with van der Waals surface area (Å²) in [5, 5.41) is 0. The van der Waals surface area contributed by atoms with Crippen molar-refractivity contribution >= 4 is 5.91 Å². The number of amides is 1. The highest BCUT2D eigenvalue weighted by molar-refractivity contribution is 5.76. The number of likely N-dealkylation sites (tertiary alicyclic amines) is 2. The minimum atomic E-state index is 0.257. The normalized spacial score (nSPS) is 29.0. The largest absolute Gasteiger partial charge is 0.384 e. The monoisotopic (exact) mass is 356 g/mol. The zero-order valence-corrected chi connectivity index (χ0v) is 16.0. The van der Waals surface area contributed by atoms with E-state index >= 15 is 0 Å². The van der Waals surface area contributed by atoms with Crippen LogP contribution in [0.15, 0.2) is 30.3 Å². The lowest BCUT2D eigenvalue weighted by Crippen LogP contribution is -2.38. The first-order chi connectivity index (χ1) is 12.7. The van der Waals surface area contributed by atoms with Crippen molar-refractivity contribution in [3.63, 3.8) is 0 Å². The fraction of sp³-hybridized carbons (Fsp3) is 0.682. The van der Waals surface area contributed by atoms with Crippen molar-refractivity contribution in [1.29, 1.82) is 0 Å². The molecular formula is C22H32N2O2. The molecule has 1 aromatic carbocycles. The van der Waals surface area contributed by atoms with Crippen molar-refractivity contribution < 1.29 is 9.53 Å². The van der Waals surface area contributed by atoms with Gasteiger partial charge in [0.2, 0.25) is 5.91 Å². The van der Waals surface area contributed by atoms with E-state index < -0.39 is 0 Å². The predicted molar refractivity (Wildman–Crippen MR) is 103 cm³/mol. The first kappa shape index (κ1) is 18.0. The molecule has 1 spiro atoms. The van der Waals surface area contributed by atoms with Crippen molar-refractivity contribution in [3.05, 3.63) is 35.9 Å². The third-order valence-corrected chi connectivity index (χ3v) is 6.67. The smallest absolute Gasteiger partial charge is 0.222 e. The number of nitrogens with zero attached hydrogens (tertiary/aromatic N) is 2. The van der Waals surface area contributed by atoms with Gasteiger partial charge in [-0.05, 0) is 37.2 Å². The Morgan fingerprint density at radius 2 is 2.04 bits per heavy atom. The van der Waals surface area contributed by atoms with Gasteiger partial charge in [-0.1, -0.05) is 30.3 Å². The zero-order chi connectivity index (χ0) is 18.0. The average Bonchev–Trinajstić information content (AvgIpc) is 3.26. The number of hydrogen-bond acceptors (Lipinski definition) is 3. The summed E-state index contributed by atoms with van der Waals surface area (Å²) in [7, 11) is 1.81. The standard InChI is InChI=1S/C22H32N2O2/c1-26-15-20-14-23(13-19-7-8-19)16-22(20)11-12-24(17-22)21(25)10-9-18-5-3-2-4-6-18/h2-6,19-20H,7-17H2,1H3/t20-,22+/m0/s1. The molecule has 3 aliphatic rings. The van der Waals surface area contributed by atoms with Crippen molar-refractivity contribution in [1.82, 2.24) is 9.80 Å². The van der Waals surface area contributed by atoms with E-state index in [0.29, 0.717) is 18.2 Å². The molecule has 1 aromatic rings. The SMILES string of the molecule is COC[C@@H]1CN(CC2CC2)C[C@@]12CCN(C(=O)CCc1ccccc1)C2. The molecule has 1 amide bonds. The van der Waals surface area contributed by atoms with Crippen LogP contribution in [-0.4, -0.2) is 62.1 Å². The summed E-state index contributed by atoms with van der Waals surface area (Å²) in [6.45, 7) is 6.23. The van der Waals surface area contributed by atoms with Crippen LogP contribution >= 0.6 is 0 Å². The molecule has 3 fully saturated rings. The summed E-state index contributed by atoms with van der Waals surface area (Å²) < 4.78 is 5.55. The van der Waals surface area contributed by atoms with Crippen molar-refractivity contribution in [2.45, 2.75) is 32.1 Å². The van der Waals surface area contributed by atoms with Crippen LogP contribution in [0.5, 0.6) is 0 Å². The van der Waals surface area contributed by atoms with E-state index in [1.165, 1.54) is 24.9 Å². The Labute approximate surface area is 157 Å². The van der Waals surface area contributed by atoms with E-state index in [1.807, 2.05) is 25.3 Å². The maximum Gasteiger partial charge on any atom is 0.222 e. The average molecular weight is 357 g/mol. The van der Waals surface area contributed by atoms with Crippen LogP contribution in [0, 0.1) is 17.3 Å². The summed E-state index contributed by atoms with van der Waals surface area (Å²) in [5.74, 6) is 1.82. The van der Waals surface area contributed by atoms with E-state index in [-0.39, 0.29) is 5.41 Å². The Morgan fingerprint density at radius 1 is 1.23 bits per heavy atom. The highest BCUT2D eigenvalue weighted by atomic mass is 16.5. The van der Waals surface area contributed by atoms with E-state index in [4.69, 9.17) is 4.74 Å². The summed E-state index contributed by atoms with van der Waals surface area (Å²) in [6.07, 6.45) is 5.42. The Morgan fingerprint density at radius 3 is 2.77 bits per heavy atom. The number of carbonyl (C=O) groups is 1. The van der Waals surface area contributed by atoms with Gasteiger partial charge in [0.1, 0.15) is 0 Å². The molecule has 0 aromatic heterocycles. The van der Waals surface area contributed by atoms with Crippen molar-refractivity contribution in [2.24, 2.45) is 17.3 Å². The number of ether oxygens (including phenoxy) is 1. The van der Waals surface area contributed by atoms with Gasteiger partial charge in [-0.15, -0.1) is 0 Å². The summed E-state index contributed by atoms with van der Waals surface area (Å²) >= 11 is 0. The molecule has 4 rings (SSSR count). The van der Waals surface area contributed by atoms with Gasteiger partial charge in [0, 0.05) is 57.6 Å². The Kier molecular flexibility index (Phi) is 5.32. The molecule has 2 atom stereocenters. The molecule has 0 radical (unpaired) electrons. The molecule has 0 N–H and O–H groups in total. The van der Waals surface area contributed by atoms with Crippen molar-refractivity contribution in [3.8, 4) is 0 Å². The summed E-state index contributed by atoms with van der Waals surface area (Å²) in [6, 6.07) is 10.3. The van der Waals surface area contributed by atoms with Crippen LogP contribution in [0.25, 0.3) is 0 Å². The van der Waals surface area contributed by atoms with Gasteiger partial charge < -0.3 is 14.5 Å². The highest BCUT2D eigenvalue weighted by Gasteiger charge is 2.51. The van der Waals surface area contributed by atoms with Gasteiger partial charge >= 0.3 is 0 Å². The van der Waals surface area contributed by atoms with Crippen LogP contribution in [0.3, 0.4) is 0 Å². The second-order valence-electron chi connectivity index (χ2n) is 8.70. The first-order valence-corrected chi connectivity index (χ1v) is 10.2. The molecule has 2 heterocycles. The van der Waals surface area contributed by atoms with Gasteiger partial charge in [0.15, 0.2) is 0 Å². The van der Waals surface area contributed by atoms with Gasteiger partial charge in [-0.3, -0.25) is 4.79 Å². The van der Waals surface area contributed by atoms with Gasteiger partial charge in [0.25, 0.3) is 0 Å². The van der Waals surface area contributed by atoms with E-state index in [1.54, 1.807) is 0 Å². The molecule has 0 bridgehead atoms. The molecule has 4 heteroatoms. The number of hydrogen-bond donors (Lipinski definition) is 0. The van der Waals surface area contributed by atoms with Gasteiger partial charge in [-0.2, -0.15) is 0 Å². The van der Waals surface area contributed by atoms with Crippen LogP contribution in [-0.2, 0) is 16.0 Å². The predicted octanol–water partition coefficient (Wildman–Crippen LogP) is 2.83. The lowest BCUT2D eigenvalue weighted by atomic mass is 9.77. The number of rotatable bonds is 7. The number of benzene rings is 1. The molecule has 142 valence electrons. The fourth-order valence-electron chi connectivity index (χ4n) is 5.00. The van der Waals surface area contributed by atoms with Crippen LogP contribution < -0.4 is 0 Å². The van der Waals surface area contributed by atoms with Crippen molar-refractivity contribution in [2.75, 3.05) is 46.4 Å². The Hall–Kier alpha value is -1.39. The first-order valence-electron chi connectivity index (χ1n) is 10.2. The molecule has 26 heavy (non-hydrogen) atoms. The summed E-state index contributed by atoms with van der Waals surface area (Å²) in [5.41, 5.74) is 1.51. The zero-order valence-electron chi connectivity index (χ0n) is 16.0. The van der Waals surface area contributed by atoms with E-state index in [0.717, 1.165) is 51.5 Å². The fourth-order valence-corrected chi connectivity index (χ4v) is 5.00. The molecule has 1 aliphatic carbocycles. The number of aryl methyl sites for hydroxylation is 1. The number of methoxy groups -OCH3 is 1. The van der Waals surface area contributed by atoms with Gasteiger partial charge in [0.05, 0.1) is 6.61 Å². The molecular weight excluding hydrogens is 324 g/mol. The number of carbonyl (C=O) groups excluding carboxylic acids is 1. The van der Waals surface area contributed by atoms with E-state index in [2.05, 4.69) is 21.9 Å². The second-order valence-corrected chi connectivity index (χ2v) is 8.70. The minimum absolute atomic E-state index is 0.257. The third-order valence-electron chi connectivity index (χ3n) is 6.67. The van der Waals surface area contributed by atoms with Gasteiger partial charge in [-0.25, -0.2) is 0 Å². The molecule has 2 aliphatic heterocycles. The topological polar surface area (TPSA) is 32.8 Å². The van der Waals surface area contributed by atoms with Crippen LogP contribution in [0.4, 0.5) is 0 Å². The molecule has 4 nitrogen and oxygen atoms in total. The second kappa shape index (κ2) is 7.69. The lowest BCUT2D eigenvalue weighted by molar-refractivity contribution is -0.130. The lowest BCUT2D eigenvalue weighted by Gasteiger charge is -2.30. The Balaban J connectivity index is 1.35. The Bertz CT molecular complexity index is 616. The quantitative estimate of drug-likeness (QED) is 0.753. The minimum Gasteiger partial charge on any atom is -0.384 e. The molecule has 0 unspecified atom stereocenters.